The smallest absolute Gasteiger partial charge is 0.272 e. The van der Waals surface area contributed by atoms with Gasteiger partial charge in [0.1, 0.15) is 16.4 Å². The third kappa shape index (κ3) is 3.56. The highest BCUT2D eigenvalue weighted by Gasteiger charge is 2.29. The SMILES string of the molecule is Cn1cc(S(=O)(=O)N2CCCC2)cc1C(=O)Nc1ccc(Cl)cc1F. The van der Waals surface area contributed by atoms with Crippen LogP contribution in [0.4, 0.5) is 10.1 Å². The van der Waals surface area contributed by atoms with Gasteiger partial charge in [-0.1, -0.05) is 11.6 Å². The third-order valence-corrected chi connectivity index (χ3v) is 6.19. The zero-order valence-electron chi connectivity index (χ0n) is 13.5. The highest BCUT2D eigenvalue weighted by Crippen LogP contribution is 2.24. The minimum Gasteiger partial charge on any atom is -0.345 e. The predicted molar refractivity (Wildman–Crippen MR) is 92.8 cm³/mol. The Kier molecular flexibility index (Phi) is 4.86. The number of hydrogen-bond acceptors (Lipinski definition) is 3. The Balaban J connectivity index is 1.85. The minimum atomic E-state index is -3.62. The number of anilines is 1. The van der Waals surface area contributed by atoms with Gasteiger partial charge in [-0.05, 0) is 37.1 Å². The van der Waals surface area contributed by atoms with E-state index in [1.807, 2.05) is 0 Å². The number of nitrogens with one attached hydrogen (secondary N) is 1. The van der Waals surface area contributed by atoms with E-state index in [1.165, 1.54) is 33.3 Å². The van der Waals surface area contributed by atoms with E-state index in [1.54, 1.807) is 7.05 Å². The number of sulfonamides is 1. The van der Waals surface area contributed by atoms with E-state index < -0.39 is 21.7 Å². The van der Waals surface area contributed by atoms with Gasteiger partial charge >= 0.3 is 0 Å². The first-order valence-corrected chi connectivity index (χ1v) is 9.54. The standard InChI is InChI=1S/C16H17ClFN3O3S/c1-20-10-12(25(23,24)21-6-2-3-7-21)9-15(20)16(22)19-14-5-4-11(17)8-13(14)18/h4-5,8-10H,2-3,6-7H2,1H3,(H,19,22). The second kappa shape index (κ2) is 6.78. The van der Waals surface area contributed by atoms with Crippen molar-refractivity contribution >= 4 is 33.2 Å². The van der Waals surface area contributed by atoms with Gasteiger partial charge in [0.15, 0.2) is 0 Å². The maximum Gasteiger partial charge on any atom is 0.272 e. The lowest BCUT2D eigenvalue weighted by atomic mass is 10.3. The number of carbonyl (C=O) groups is 1. The first-order valence-electron chi connectivity index (χ1n) is 7.72. The van der Waals surface area contributed by atoms with Crippen LogP contribution in [0.25, 0.3) is 0 Å². The van der Waals surface area contributed by atoms with Gasteiger partial charge in [0.05, 0.1) is 5.69 Å². The molecule has 0 atom stereocenters. The number of amides is 1. The maximum atomic E-state index is 13.8. The van der Waals surface area contributed by atoms with E-state index in [-0.39, 0.29) is 21.3 Å². The number of benzene rings is 1. The zero-order valence-corrected chi connectivity index (χ0v) is 15.1. The molecule has 1 aliphatic rings. The molecule has 1 N–H and O–H groups in total. The van der Waals surface area contributed by atoms with Crippen molar-refractivity contribution in [3.8, 4) is 0 Å². The van der Waals surface area contributed by atoms with Crippen molar-refractivity contribution in [2.24, 2.45) is 7.05 Å². The van der Waals surface area contributed by atoms with Gasteiger partial charge in [-0.25, -0.2) is 12.8 Å². The van der Waals surface area contributed by atoms with E-state index in [4.69, 9.17) is 11.6 Å². The van der Waals surface area contributed by atoms with Crippen LogP contribution >= 0.6 is 11.6 Å². The Hall–Kier alpha value is -1.90. The molecule has 1 amide bonds. The van der Waals surface area contributed by atoms with Crippen molar-refractivity contribution in [1.29, 1.82) is 0 Å². The molecule has 2 heterocycles. The lowest BCUT2D eigenvalue weighted by Gasteiger charge is -2.13. The summed E-state index contributed by atoms with van der Waals surface area (Å²) in [5.74, 6) is -1.27. The van der Waals surface area contributed by atoms with Crippen LogP contribution in [0.3, 0.4) is 0 Å². The molecular formula is C16H17ClFN3O3S. The van der Waals surface area contributed by atoms with Crippen LogP contribution in [-0.4, -0.2) is 36.3 Å². The average molecular weight is 386 g/mol. The number of hydrogen-bond donors (Lipinski definition) is 1. The summed E-state index contributed by atoms with van der Waals surface area (Å²) in [4.78, 5) is 12.4. The van der Waals surface area contributed by atoms with Crippen LogP contribution < -0.4 is 5.32 Å². The van der Waals surface area contributed by atoms with Crippen LogP contribution in [0.2, 0.25) is 5.02 Å². The number of aromatic nitrogens is 1. The van der Waals surface area contributed by atoms with Gasteiger partial charge in [0.25, 0.3) is 5.91 Å². The molecule has 134 valence electrons. The highest BCUT2D eigenvalue weighted by atomic mass is 35.5. The molecular weight excluding hydrogens is 369 g/mol. The largest absolute Gasteiger partial charge is 0.345 e. The molecule has 3 rings (SSSR count). The second-order valence-electron chi connectivity index (χ2n) is 5.86. The molecule has 1 aromatic heterocycles. The molecule has 6 nitrogen and oxygen atoms in total. The molecule has 0 spiro atoms. The Morgan fingerprint density at radius 1 is 1.24 bits per heavy atom. The summed E-state index contributed by atoms with van der Waals surface area (Å²) in [6.45, 7) is 0.962. The van der Waals surface area contributed by atoms with Crippen molar-refractivity contribution in [3.05, 3.63) is 47.0 Å². The fraction of sp³-hybridized carbons (Fsp3) is 0.312. The first kappa shape index (κ1) is 17.9. The molecule has 1 aliphatic heterocycles. The number of rotatable bonds is 4. The molecule has 0 bridgehead atoms. The fourth-order valence-corrected chi connectivity index (χ4v) is 4.50. The summed E-state index contributed by atoms with van der Waals surface area (Å²) in [7, 11) is -2.05. The van der Waals surface area contributed by atoms with Crippen LogP contribution in [0.1, 0.15) is 23.3 Å². The molecule has 0 unspecified atom stereocenters. The summed E-state index contributed by atoms with van der Waals surface area (Å²) >= 11 is 5.68. The Labute approximate surface area is 150 Å². The number of nitrogens with zero attached hydrogens (tertiary/aromatic N) is 2. The number of carbonyl (C=O) groups excluding carboxylic acids is 1. The topological polar surface area (TPSA) is 71.4 Å². The summed E-state index contributed by atoms with van der Waals surface area (Å²) in [5, 5.41) is 2.64. The van der Waals surface area contributed by atoms with E-state index in [0.29, 0.717) is 13.1 Å². The van der Waals surface area contributed by atoms with Gasteiger partial charge in [0.2, 0.25) is 10.0 Å². The van der Waals surface area contributed by atoms with E-state index in [9.17, 15) is 17.6 Å². The normalized spacial score (nSPS) is 15.5. The minimum absolute atomic E-state index is 0.0282. The molecule has 2 aromatic rings. The van der Waals surface area contributed by atoms with Gasteiger partial charge < -0.3 is 9.88 Å². The fourth-order valence-electron chi connectivity index (χ4n) is 2.76. The monoisotopic (exact) mass is 385 g/mol. The third-order valence-electron chi connectivity index (χ3n) is 4.09. The molecule has 9 heteroatoms. The summed E-state index contributed by atoms with van der Waals surface area (Å²) in [6, 6.07) is 5.19. The number of aryl methyl sites for hydroxylation is 1. The van der Waals surface area contributed by atoms with Gasteiger partial charge in [0, 0.05) is 31.4 Å². The maximum absolute atomic E-state index is 13.8. The van der Waals surface area contributed by atoms with E-state index in [2.05, 4.69) is 5.32 Å². The highest BCUT2D eigenvalue weighted by molar-refractivity contribution is 7.89. The van der Waals surface area contributed by atoms with Crippen molar-refractivity contribution in [2.45, 2.75) is 17.7 Å². The van der Waals surface area contributed by atoms with Crippen molar-refractivity contribution in [1.82, 2.24) is 8.87 Å². The quantitative estimate of drug-likeness (QED) is 0.879. The Morgan fingerprint density at radius 3 is 2.56 bits per heavy atom. The lowest BCUT2D eigenvalue weighted by molar-refractivity contribution is 0.101. The van der Waals surface area contributed by atoms with Crippen molar-refractivity contribution < 1.29 is 17.6 Å². The van der Waals surface area contributed by atoms with Crippen LogP contribution in [0.15, 0.2) is 35.4 Å². The molecule has 1 fully saturated rings. The van der Waals surface area contributed by atoms with Crippen LogP contribution in [-0.2, 0) is 17.1 Å². The van der Waals surface area contributed by atoms with E-state index in [0.717, 1.165) is 18.9 Å². The summed E-state index contributed by atoms with van der Waals surface area (Å²) in [6.07, 6.45) is 3.05. The molecule has 0 aliphatic carbocycles. The Bertz CT molecular complexity index is 921. The molecule has 1 aromatic carbocycles. The molecule has 1 saturated heterocycles. The Morgan fingerprint density at radius 2 is 1.92 bits per heavy atom. The average Bonchev–Trinajstić information content (AvgIpc) is 3.20. The first-order chi connectivity index (χ1) is 11.8. The summed E-state index contributed by atoms with van der Waals surface area (Å²) < 4.78 is 41.8. The van der Waals surface area contributed by atoms with Gasteiger partial charge in [-0.3, -0.25) is 4.79 Å². The molecule has 0 saturated carbocycles. The number of halogens is 2. The predicted octanol–water partition coefficient (Wildman–Crippen LogP) is 2.85. The van der Waals surface area contributed by atoms with Crippen molar-refractivity contribution in [2.75, 3.05) is 18.4 Å². The molecule has 0 radical (unpaired) electrons. The van der Waals surface area contributed by atoms with Crippen molar-refractivity contribution in [3.63, 3.8) is 0 Å². The van der Waals surface area contributed by atoms with Gasteiger partial charge in [-0.2, -0.15) is 4.31 Å². The van der Waals surface area contributed by atoms with Gasteiger partial charge in [-0.15, -0.1) is 0 Å². The lowest BCUT2D eigenvalue weighted by Crippen LogP contribution is -2.27. The summed E-state index contributed by atoms with van der Waals surface area (Å²) in [5.41, 5.74) is 0.0895. The second-order valence-corrected chi connectivity index (χ2v) is 8.24. The van der Waals surface area contributed by atoms with Crippen LogP contribution in [0, 0.1) is 5.82 Å². The zero-order chi connectivity index (χ0) is 18.2. The molecule has 25 heavy (non-hydrogen) atoms. The van der Waals surface area contributed by atoms with E-state index >= 15 is 0 Å². The van der Waals surface area contributed by atoms with Crippen LogP contribution in [0.5, 0.6) is 0 Å².